The first-order chi connectivity index (χ1) is 13.4. The maximum absolute atomic E-state index is 13.2. The molecule has 1 amide bonds. The van der Waals surface area contributed by atoms with Crippen LogP contribution in [0, 0.1) is 11.8 Å². The number of aromatic nitrogens is 1. The topological polar surface area (TPSA) is 62.6 Å². The van der Waals surface area contributed by atoms with Crippen LogP contribution in [-0.2, 0) is 21.9 Å². The largest absolute Gasteiger partial charge is 0.351 e. The summed E-state index contributed by atoms with van der Waals surface area (Å²) in [5.41, 5.74) is 1.00. The molecule has 0 spiro atoms. The van der Waals surface area contributed by atoms with Gasteiger partial charge in [-0.2, -0.15) is 4.31 Å². The summed E-state index contributed by atoms with van der Waals surface area (Å²) in [4.78, 5) is 15.2. The first-order valence-corrected chi connectivity index (χ1v) is 11.6. The number of carbonyl (C=O) groups is 1. The highest BCUT2D eigenvalue weighted by atomic mass is 32.2. The van der Waals surface area contributed by atoms with E-state index < -0.39 is 10.0 Å². The molecule has 6 nitrogen and oxygen atoms in total. The van der Waals surface area contributed by atoms with Gasteiger partial charge in [-0.15, -0.1) is 0 Å². The van der Waals surface area contributed by atoms with E-state index in [9.17, 15) is 13.2 Å². The highest BCUT2D eigenvalue weighted by Gasteiger charge is 2.35. The lowest BCUT2D eigenvalue weighted by Crippen LogP contribution is -2.48. The van der Waals surface area contributed by atoms with Gasteiger partial charge in [0.15, 0.2) is 0 Å². The van der Waals surface area contributed by atoms with E-state index in [1.165, 1.54) is 4.31 Å². The van der Waals surface area contributed by atoms with Gasteiger partial charge in [-0.1, -0.05) is 6.92 Å². The van der Waals surface area contributed by atoms with Gasteiger partial charge in [-0.25, -0.2) is 8.42 Å². The van der Waals surface area contributed by atoms with Gasteiger partial charge >= 0.3 is 0 Å². The standard InChI is InChI=1S/C21H29N3O3S/c1-16-7-12-23(13-8-16)21(25)18-4-3-10-24(15-18)28(26,27)19-5-6-20-17(14-19)9-11-22(20)2/h5-6,9,11,14,16,18H,3-4,7-8,10,12-13,15H2,1-2H3/t18-/m0/s1. The summed E-state index contributed by atoms with van der Waals surface area (Å²) in [6.45, 7) is 4.60. The maximum atomic E-state index is 13.2. The van der Waals surface area contributed by atoms with Crippen molar-refractivity contribution in [3.63, 3.8) is 0 Å². The fraction of sp³-hybridized carbons (Fsp3) is 0.571. The number of nitrogens with zero attached hydrogens (tertiary/aromatic N) is 3. The molecular formula is C21H29N3O3S. The van der Waals surface area contributed by atoms with Crippen molar-refractivity contribution in [2.24, 2.45) is 18.9 Å². The molecule has 0 saturated carbocycles. The van der Waals surface area contributed by atoms with Crippen LogP contribution in [0.5, 0.6) is 0 Å². The third kappa shape index (κ3) is 3.57. The molecule has 0 aliphatic carbocycles. The summed E-state index contributed by atoms with van der Waals surface area (Å²) in [5.74, 6) is 0.572. The van der Waals surface area contributed by atoms with Crippen LogP contribution in [0.25, 0.3) is 10.9 Å². The lowest BCUT2D eigenvalue weighted by atomic mass is 9.94. The van der Waals surface area contributed by atoms with Crippen molar-refractivity contribution >= 4 is 26.8 Å². The summed E-state index contributed by atoms with van der Waals surface area (Å²) in [6.07, 6.45) is 5.51. The molecule has 2 aromatic rings. The molecule has 152 valence electrons. The number of likely N-dealkylation sites (tertiary alicyclic amines) is 1. The predicted octanol–water partition coefficient (Wildman–Crippen LogP) is 2.84. The molecule has 3 heterocycles. The number of benzene rings is 1. The summed E-state index contributed by atoms with van der Waals surface area (Å²) in [6, 6.07) is 7.19. The molecule has 0 bridgehead atoms. The molecule has 0 unspecified atom stereocenters. The Morgan fingerprint density at radius 3 is 2.57 bits per heavy atom. The van der Waals surface area contributed by atoms with Crippen molar-refractivity contribution in [2.45, 2.75) is 37.5 Å². The van der Waals surface area contributed by atoms with E-state index >= 15 is 0 Å². The molecule has 1 aromatic carbocycles. The molecule has 0 N–H and O–H groups in total. The fourth-order valence-corrected chi connectivity index (χ4v) is 5.98. The Morgan fingerprint density at radius 1 is 1.07 bits per heavy atom. The van der Waals surface area contributed by atoms with Crippen molar-refractivity contribution in [1.29, 1.82) is 0 Å². The Labute approximate surface area is 167 Å². The molecule has 0 radical (unpaired) electrons. The average molecular weight is 404 g/mol. The van der Waals surface area contributed by atoms with Crippen molar-refractivity contribution < 1.29 is 13.2 Å². The number of hydrogen-bond acceptors (Lipinski definition) is 3. The predicted molar refractivity (Wildman–Crippen MR) is 109 cm³/mol. The summed E-state index contributed by atoms with van der Waals surface area (Å²) in [7, 11) is -1.65. The zero-order valence-electron chi connectivity index (χ0n) is 16.7. The number of sulfonamides is 1. The third-order valence-corrected chi connectivity index (χ3v) is 8.18. The summed E-state index contributed by atoms with van der Waals surface area (Å²) < 4.78 is 29.9. The van der Waals surface area contributed by atoms with Crippen LogP contribution < -0.4 is 0 Å². The van der Waals surface area contributed by atoms with Crippen molar-refractivity contribution in [3.8, 4) is 0 Å². The average Bonchev–Trinajstić information content (AvgIpc) is 3.08. The highest BCUT2D eigenvalue weighted by Crippen LogP contribution is 2.28. The number of carbonyl (C=O) groups excluding carboxylic acids is 1. The number of rotatable bonds is 3. The van der Waals surface area contributed by atoms with Crippen molar-refractivity contribution in [2.75, 3.05) is 26.2 Å². The number of amides is 1. The molecular weight excluding hydrogens is 374 g/mol. The van der Waals surface area contributed by atoms with E-state index in [2.05, 4.69) is 6.92 Å². The Hall–Kier alpha value is -1.86. The minimum absolute atomic E-state index is 0.130. The van der Waals surface area contributed by atoms with Gasteiger partial charge in [0.2, 0.25) is 15.9 Å². The lowest BCUT2D eigenvalue weighted by Gasteiger charge is -2.36. The zero-order chi connectivity index (χ0) is 19.9. The Balaban J connectivity index is 1.51. The van der Waals surface area contributed by atoms with E-state index in [0.717, 1.165) is 49.7 Å². The Bertz CT molecular complexity index is 974. The molecule has 1 atom stereocenters. The van der Waals surface area contributed by atoms with Crippen LogP contribution in [-0.4, -0.2) is 54.3 Å². The molecule has 2 aliphatic heterocycles. The lowest BCUT2D eigenvalue weighted by molar-refractivity contribution is -0.138. The van der Waals surface area contributed by atoms with E-state index in [1.54, 1.807) is 12.1 Å². The molecule has 2 saturated heterocycles. The van der Waals surface area contributed by atoms with Crippen LogP contribution in [0.4, 0.5) is 0 Å². The number of aryl methyl sites for hydroxylation is 1. The van der Waals surface area contributed by atoms with E-state index in [0.29, 0.717) is 23.9 Å². The van der Waals surface area contributed by atoms with Gasteiger partial charge in [-0.05, 0) is 55.9 Å². The van der Waals surface area contributed by atoms with E-state index in [4.69, 9.17) is 0 Å². The van der Waals surface area contributed by atoms with Crippen LogP contribution in [0.1, 0.15) is 32.6 Å². The Morgan fingerprint density at radius 2 is 1.82 bits per heavy atom. The maximum Gasteiger partial charge on any atom is 0.243 e. The van der Waals surface area contributed by atoms with E-state index in [1.807, 2.05) is 34.8 Å². The van der Waals surface area contributed by atoms with Gasteiger partial charge in [0, 0.05) is 50.3 Å². The third-order valence-electron chi connectivity index (χ3n) is 6.32. The second kappa shape index (κ2) is 7.52. The molecule has 7 heteroatoms. The first-order valence-electron chi connectivity index (χ1n) is 10.2. The van der Waals surface area contributed by atoms with E-state index in [-0.39, 0.29) is 11.8 Å². The van der Waals surface area contributed by atoms with Crippen LogP contribution in [0.15, 0.2) is 35.4 Å². The van der Waals surface area contributed by atoms with Crippen LogP contribution in [0.3, 0.4) is 0 Å². The fourth-order valence-electron chi connectivity index (χ4n) is 4.42. The number of fused-ring (bicyclic) bond motifs is 1. The number of hydrogen-bond donors (Lipinski definition) is 0. The van der Waals surface area contributed by atoms with Crippen molar-refractivity contribution in [1.82, 2.24) is 13.8 Å². The van der Waals surface area contributed by atoms with Gasteiger partial charge < -0.3 is 9.47 Å². The van der Waals surface area contributed by atoms with Gasteiger partial charge in [-0.3, -0.25) is 4.79 Å². The second-order valence-corrected chi connectivity index (χ2v) is 10.3. The minimum Gasteiger partial charge on any atom is -0.351 e. The molecule has 2 fully saturated rings. The molecule has 28 heavy (non-hydrogen) atoms. The van der Waals surface area contributed by atoms with Crippen LogP contribution in [0.2, 0.25) is 0 Å². The van der Waals surface area contributed by atoms with Gasteiger partial charge in [0.05, 0.1) is 10.8 Å². The van der Waals surface area contributed by atoms with Gasteiger partial charge in [0.25, 0.3) is 0 Å². The normalized spacial score (nSPS) is 22.6. The van der Waals surface area contributed by atoms with Crippen molar-refractivity contribution in [3.05, 3.63) is 30.5 Å². The Kier molecular flexibility index (Phi) is 5.22. The quantitative estimate of drug-likeness (QED) is 0.792. The number of piperidine rings is 2. The smallest absolute Gasteiger partial charge is 0.243 e. The monoisotopic (exact) mass is 403 g/mol. The molecule has 4 rings (SSSR count). The van der Waals surface area contributed by atoms with Gasteiger partial charge in [0.1, 0.15) is 0 Å². The minimum atomic E-state index is -3.60. The highest BCUT2D eigenvalue weighted by molar-refractivity contribution is 7.89. The molecule has 2 aliphatic rings. The summed E-state index contributed by atoms with van der Waals surface area (Å²) >= 11 is 0. The van der Waals surface area contributed by atoms with Crippen LogP contribution >= 0.6 is 0 Å². The molecule has 1 aromatic heterocycles. The SMILES string of the molecule is CC1CCN(C(=O)[C@H]2CCCN(S(=O)(=O)c3ccc4c(ccn4C)c3)C2)CC1. The zero-order valence-corrected chi connectivity index (χ0v) is 17.5. The second-order valence-electron chi connectivity index (χ2n) is 8.36. The first kappa shape index (κ1) is 19.5. The summed E-state index contributed by atoms with van der Waals surface area (Å²) in [5, 5.41) is 0.913.